The van der Waals surface area contributed by atoms with Crippen LogP contribution in [0, 0.1) is 20.8 Å². The first-order chi connectivity index (χ1) is 13.0. The highest BCUT2D eigenvalue weighted by Gasteiger charge is 2.16. The van der Waals surface area contributed by atoms with E-state index in [4.69, 9.17) is 22.1 Å². The van der Waals surface area contributed by atoms with Crippen molar-refractivity contribution < 1.29 is 9.26 Å². The number of para-hydroxylation sites is 1. The molecule has 4 aromatic rings. The summed E-state index contributed by atoms with van der Waals surface area (Å²) >= 11 is 0. The van der Waals surface area contributed by atoms with Gasteiger partial charge in [-0.1, -0.05) is 34.9 Å². The minimum Gasteiger partial charge on any atom is -0.492 e. The van der Waals surface area contributed by atoms with Crippen molar-refractivity contribution in [3.63, 3.8) is 0 Å². The Hall–Kier alpha value is -3.02. The molecule has 0 atom stereocenters. The number of imidazole rings is 1. The molecule has 2 radical (unpaired) electrons. The average molecular weight is 357 g/mol. The maximum absolute atomic E-state index is 6.41. The molecule has 0 unspecified atom stereocenters. The van der Waals surface area contributed by atoms with Crippen LogP contribution in [0.4, 0.5) is 0 Å². The number of ether oxygens (including phenoxy) is 1. The molecule has 2 heterocycles. The summed E-state index contributed by atoms with van der Waals surface area (Å²) in [4.78, 5) is 4.71. The van der Waals surface area contributed by atoms with E-state index >= 15 is 0 Å². The van der Waals surface area contributed by atoms with Crippen LogP contribution in [0.1, 0.15) is 17.3 Å². The summed E-state index contributed by atoms with van der Waals surface area (Å²) in [5.74, 6) is 2.54. The first kappa shape index (κ1) is 17.4. The minimum absolute atomic E-state index is 0.543. The fraction of sp³-hybridized carbons (Fsp3) is 0.238. The Kier molecular flexibility index (Phi) is 4.48. The van der Waals surface area contributed by atoms with Crippen LogP contribution in [0.15, 0.2) is 47.0 Å². The van der Waals surface area contributed by atoms with E-state index in [1.165, 1.54) is 0 Å². The van der Waals surface area contributed by atoms with E-state index in [0.717, 1.165) is 45.2 Å². The van der Waals surface area contributed by atoms with Gasteiger partial charge in [-0.2, -0.15) is 0 Å². The first-order valence-electron chi connectivity index (χ1n) is 8.92. The van der Waals surface area contributed by atoms with Gasteiger partial charge in [0, 0.05) is 5.56 Å². The number of aryl methyl sites for hydroxylation is 3. The molecule has 6 heteroatoms. The zero-order chi connectivity index (χ0) is 19.0. The van der Waals surface area contributed by atoms with Crippen molar-refractivity contribution in [2.75, 3.05) is 6.61 Å². The number of hydrogen-bond acceptors (Lipinski definition) is 4. The van der Waals surface area contributed by atoms with Crippen molar-refractivity contribution in [3.8, 4) is 16.9 Å². The normalized spacial score (nSPS) is 11.2. The Labute approximate surface area is 159 Å². The zero-order valence-electron chi connectivity index (χ0n) is 15.7. The highest BCUT2D eigenvalue weighted by atomic mass is 16.5. The predicted octanol–water partition coefficient (Wildman–Crippen LogP) is 3.49. The molecular formula is C21H20BN3O2. The monoisotopic (exact) mass is 357 g/mol. The Morgan fingerprint density at radius 1 is 1.11 bits per heavy atom. The molecule has 4 rings (SSSR count). The van der Waals surface area contributed by atoms with E-state index in [2.05, 4.69) is 9.72 Å². The van der Waals surface area contributed by atoms with E-state index in [1.54, 1.807) is 0 Å². The second-order valence-electron chi connectivity index (χ2n) is 6.60. The van der Waals surface area contributed by atoms with Gasteiger partial charge in [0.1, 0.15) is 31.8 Å². The van der Waals surface area contributed by atoms with Crippen LogP contribution in [-0.2, 0) is 6.54 Å². The number of nitrogens with zero attached hydrogens (tertiary/aromatic N) is 3. The summed E-state index contributed by atoms with van der Waals surface area (Å²) in [7, 11) is 6.41. The smallest absolute Gasteiger partial charge is 0.141 e. The molecule has 0 saturated carbocycles. The number of aromatic nitrogens is 3. The van der Waals surface area contributed by atoms with Gasteiger partial charge in [-0.15, -0.1) is 0 Å². The fourth-order valence-corrected chi connectivity index (χ4v) is 3.50. The third-order valence-electron chi connectivity index (χ3n) is 4.71. The summed E-state index contributed by atoms with van der Waals surface area (Å²) < 4.78 is 13.2. The third kappa shape index (κ3) is 3.23. The van der Waals surface area contributed by atoms with Crippen molar-refractivity contribution in [3.05, 3.63) is 59.7 Å². The predicted molar refractivity (Wildman–Crippen MR) is 107 cm³/mol. The van der Waals surface area contributed by atoms with Crippen LogP contribution in [0.3, 0.4) is 0 Å². The van der Waals surface area contributed by atoms with E-state index in [9.17, 15) is 0 Å². The van der Waals surface area contributed by atoms with Gasteiger partial charge in [0.05, 0.1) is 23.3 Å². The topological polar surface area (TPSA) is 53.1 Å². The van der Waals surface area contributed by atoms with Gasteiger partial charge < -0.3 is 13.8 Å². The molecule has 2 aromatic carbocycles. The highest BCUT2D eigenvalue weighted by molar-refractivity contribution is 6.38. The summed E-state index contributed by atoms with van der Waals surface area (Å²) in [6.07, 6.45) is 0. The number of rotatable bonds is 5. The van der Waals surface area contributed by atoms with Gasteiger partial charge in [-0.3, -0.25) is 0 Å². The summed E-state index contributed by atoms with van der Waals surface area (Å²) in [6.45, 7) is 7.03. The Balaban J connectivity index is 1.66. The van der Waals surface area contributed by atoms with E-state index in [0.29, 0.717) is 18.6 Å². The highest BCUT2D eigenvalue weighted by Crippen LogP contribution is 2.28. The summed E-state index contributed by atoms with van der Waals surface area (Å²) in [6, 6.07) is 13.8. The average Bonchev–Trinajstić information content (AvgIpc) is 3.15. The number of hydrogen-bond donors (Lipinski definition) is 0. The second-order valence-corrected chi connectivity index (χ2v) is 6.60. The zero-order valence-corrected chi connectivity index (χ0v) is 15.7. The van der Waals surface area contributed by atoms with Crippen LogP contribution in [0.2, 0.25) is 0 Å². The number of fused-ring (bicyclic) bond motifs is 1. The van der Waals surface area contributed by atoms with E-state index in [1.807, 2.05) is 63.2 Å². The molecular weight excluding hydrogens is 337 g/mol. The van der Waals surface area contributed by atoms with Gasteiger partial charge in [0.15, 0.2) is 0 Å². The molecule has 0 aliphatic carbocycles. The van der Waals surface area contributed by atoms with Gasteiger partial charge in [0.2, 0.25) is 0 Å². The Bertz CT molecular complexity index is 1080. The fourth-order valence-electron chi connectivity index (χ4n) is 3.50. The maximum Gasteiger partial charge on any atom is 0.141 e. The molecule has 0 aliphatic rings. The Morgan fingerprint density at radius 2 is 1.89 bits per heavy atom. The van der Waals surface area contributed by atoms with Crippen molar-refractivity contribution in [1.82, 2.24) is 14.7 Å². The third-order valence-corrected chi connectivity index (χ3v) is 4.71. The van der Waals surface area contributed by atoms with Crippen LogP contribution in [0.25, 0.3) is 22.2 Å². The molecule has 0 spiro atoms. The van der Waals surface area contributed by atoms with Crippen LogP contribution in [-0.4, -0.2) is 29.2 Å². The molecule has 134 valence electrons. The summed E-state index contributed by atoms with van der Waals surface area (Å²) in [5.41, 5.74) is 5.27. The molecule has 0 saturated heterocycles. The van der Waals surface area contributed by atoms with Gasteiger partial charge in [-0.05, 0) is 44.5 Å². The summed E-state index contributed by atoms with van der Waals surface area (Å²) in [5, 5.41) is 4.04. The van der Waals surface area contributed by atoms with Crippen molar-refractivity contribution in [1.29, 1.82) is 0 Å². The largest absolute Gasteiger partial charge is 0.492 e. The van der Waals surface area contributed by atoms with Crippen molar-refractivity contribution in [2.24, 2.45) is 0 Å². The standard InChI is InChI=1S/C21H20BN3O2/c1-13-20(14(2)27-24-13)16-11-18(22)21-19(12-16)23-15(3)25(21)9-10-26-17-7-5-4-6-8-17/h4-8,11-12H,9-10H2,1-3H3. The molecule has 0 amide bonds. The SMILES string of the molecule is [B]c1cc(-c2c(C)noc2C)cc2nc(C)n(CCOc3ccccc3)c12. The maximum atomic E-state index is 6.41. The van der Waals surface area contributed by atoms with Crippen molar-refractivity contribution >= 4 is 24.3 Å². The number of benzene rings is 2. The van der Waals surface area contributed by atoms with E-state index < -0.39 is 0 Å². The van der Waals surface area contributed by atoms with Crippen LogP contribution >= 0.6 is 0 Å². The van der Waals surface area contributed by atoms with Gasteiger partial charge in [-0.25, -0.2) is 4.98 Å². The van der Waals surface area contributed by atoms with Crippen LogP contribution in [0.5, 0.6) is 5.75 Å². The second kappa shape index (κ2) is 6.95. The first-order valence-corrected chi connectivity index (χ1v) is 8.92. The van der Waals surface area contributed by atoms with E-state index in [-0.39, 0.29) is 0 Å². The van der Waals surface area contributed by atoms with Crippen molar-refractivity contribution in [2.45, 2.75) is 27.3 Å². The lowest BCUT2D eigenvalue weighted by atomic mass is 9.90. The molecule has 0 N–H and O–H groups in total. The molecule has 2 aromatic heterocycles. The lowest BCUT2D eigenvalue weighted by Crippen LogP contribution is -2.15. The molecule has 0 aliphatic heterocycles. The quantitative estimate of drug-likeness (QED) is 0.513. The molecule has 0 bridgehead atoms. The minimum atomic E-state index is 0.543. The Morgan fingerprint density at radius 3 is 2.59 bits per heavy atom. The van der Waals surface area contributed by atoms with Gasteiger partial charge in [0.25, 0.3) is 0 Å². The lowest BCUT2D eigenvalue weighted by Gasteiger charge is -2.11. The molecule has 5 nitrogen and oxygen atoms in total. The molecule has 0 fully saturated rings. The molecule has 27 heavy (non-hydrogen) atoms. The van der Waals surface area contributed by atoms with Crippen LogP contribution < -0.4 is 10.2 Å². The van der Waals surface area contributed by atoms with Gasteiger partial charge >= 0.3 is 0 Å². The lowest BCUT2D eigenvalue weighted by molar-refractivity contribution is 0.299.